The van der Waals surface area contributed by atoms with Crippen molar-refractivity contribution < 1.29 is 9.47 Å². The van der Waals surface area contributed by atoms with Crippen molar-refractivity contribution in [2.45, 2.75) is 45.1 Å². The molecule has 6 heteroatoms. The normalized spacial score (nSPS) is 16.0. The van der Waals surface area contributed by atoms with Crippen molar-refractivity contribution in [2.75, 3.05) is 33.9 Å². The van der Waals surface area contributed by atoms with Crippen LogP contribution in [0.4, 0.5) is 0 Å². The molecule has 0 radical (unpaired) electrons. The third-order valence-electron chi connectivity index (χ3n) is 5.35. The summed E-state index contributed by atoms with van der Waals surface area (Å²) in [4.78, 5) is 15.0. The lowest BCUT2D eigenvalue weighted by Crippen LogP contribution is -2.24. The van der Waals surface area contributed by atoms with E-state index in [1.54, 1.807) is 15.3 Å². The van der Waals surface area contributed by atoms with Crippen molar-refractivity contribution in [3.05, 3.63) is 65.4 Å². The Labute approximate surface area is 185 Å². The van der Waals surface area contributed by atoms with Gasteiger partial charge in [-0.3, -0.25) is 9.13 Å². The smallest absolute Gasteiger partial charge is 0.337 e. The van der Waals surface area contributed by atoms with Gasteiger partial charge in [0.2, 0.25) is 0 Å². The molecule has 2 aromatic rings. The molecule has 1 heterocycles. The quantitative estimate of drug-likeness (QED) is 0.475. The van der Waals surface area contributed by atoms with Crippen molar-refractivity contribution in [1.29, 1.82) is 0 Å². The van der Waals surface area contributed by atoms with E-state index >= 15 is 0 Å². The van der Waals surface area contributed by atoms with Crippen LogP contribution in [0.15, 0.2) is 59.7 Å². The summed E-state index contributed by atoms with van der Waals surface area (Å²) in [5.74, 6) is 0.839. The number of allylic oxidation sites excluding steroid dienone is 2. The van der Waals surface area contributed by atoms with E-state index in [0.29, 0.717) is 6.61 Å². The lowest BCUT2D eigenvalue weighted by atomic mass is 10.1. The van der Waals surface area contributed by atoms with Crippen LogP contribution >= 0.6 is 0 Å². The Morgan fingerprint density at radius 3 is 2.48 bits per heavy atom. The third-order valence-corrected chi connectivity index (χ3v) is 5.35. The molecule has 168 valence electrons. The molecule has 0 bridgehead atoms. The average molecular weight is 426 g/mol. The maximum atomic E-state index is 12.9. The first-order chi connectivity index (χ1) is 15.1. The van der Waals surface area contributed by atoms with Crippen LogP contribution in [0.3, 0.4) is 0 Å². The third kappa shape index (κ3) is 6.71. The molecule has 1 atom stereocenters. The van der Waals surface area contributed by atoms with Gasteiger partial charge in [-0.25, -0.2) is 4.79 Å². The van der Waals surface area contributed by atoms with Gasteiger partial charge < -0.3 is 14.4 Å². The molecule has 1 unspecified atom stereocenters. The number of likely N-dealkylation sites (N-methyl/N-ethyl adjacent to an activating group) is 1. The molecule has 0 saturated heterocycles. The van der Waals surface area contributed by atoms with Crippen molar-refractivity contribution in [1.82, 2.24) is 14.0 Å². The second-order valence-corrected chi connectivity index (χ2v) is 8.16. The second kappa shape index (κ2) is 11.7. The molecule has 3 rings (SSSR count). The zero-order chi connectivity index (χ0) is 22.1. The van der Waals surface area contributed by atoms with E-state index in [4.69, 9.17) is 9.47 Å². The molecule has 6 nitrogen and oxygen atoms in total. The van der Waals surface area contributed by atoms with Crippen molar-refractivity contribution in [3.63, 3.8) is 0 Å². The number of unbranched alkanes of at least 4 members (excludes halogenated alkanes) is 3. The van der Waals surface area contributed by atoms with Gasteiger partial charge in [0.15, 0.2) is 0 Å². The molecule has 0 fully saturated rings. The minimum atomic E-state index is -0.0869. The van der Waals surface area contributed by atoms with Gasteiger partial charge in [-0.15, -0.1) is 0 Å². The first-order valence-electron chi connectivity index (χ1n) is 11.3. The first-order valence-corrected chi connectivity index (χ1v) is 11.3. The van der Waals surface area contributed by atoms with E-state index in [9.17, 15) is 4.79 Å². The number of nitrogens with zero attached hydrogens (tertiary/aromatic N) is 3. The predicted molar refractivity (Wildman–Crippen MR) is 126 cm³/mol. The Morgan fingerprint density at radius 1 is 1.03 bits per heavy atom. The Kier molecular flexibility index (Phi) is 8.74. The Morgan fingerprint density at radius 2 is 1.81 bits per heavy atom. The van der Waals surface area contributed by atoms with Gasteiger partial charge in [0.25, 0.3) is 0 Å². The lowest BCUT2D eigenvalue weighted by Gasteiger charge is -2.18. The number of ether oxygens (including phenoxy) is 2. The minimum Gasteiger partial charge on any atom is -0.494 e. The summed E-state index contributed by atoms with van der Waals surface area (Å²) in [5, 5.41) is 0. The summed E-state index contributed by atoms with van der Waals surface area (Å²) in [6.07, 6.45) is 15.2. The Balaban J connectivity index is 1.57. The van der Waals surface area contributed by atoms with Crippen LogP contribution in [0.5, 0.6) is 5.75 Å². The summed E-state index contributed by atoms with van der Waals surface area (Å²) >= 11 is 0. The van der Waals surface area contributed by atoms with Gasteiger partial charge >= 0.3 is 5.69 Å². The molecule has 0 N–H and O–H groups in total. The maximum absolute atomic E-state index is 12.9. The standard InChI is InChI=1S/C25H35N3O3/c1-4-5-6-7-19-30-23-12-8-21(9-13-23)27-16-17-28(25(27)29)22-10-14-24(15-11-22)31-20-18-26(2)3/h8-14,16-17,24H,4-7,15,18-20H2,1-3H3. The monoisotopic (exact) mass is 425 g/mol. The fourth-order valence-corrected chi connectivity index (χ4v) is 3.47. The van der Waals surface area contributed by atoms with Crippen molar-refractivity contribution in [2.24, 2.45) is 0 Å². The van der Waals surface area contributed by atoms with Crippen LogP contribution in [0.25, 0.3) is 11.4 Å². The number of rotatable bonds is 12. The molecular weight excluding hydrogens is 390 g/mol. The first kappa shape index (κ1) is 23.1. The molecule has 1 aromatic heterocycles. The number of aromatic nitrogens is 2. The van der Waals surface area contributed by atoms with Crippen LogP contribution < -0.4 is 10.4 Å². The van der Waals surface area contributed by atoms with Gasteiger partial charge in [0.05, 0.1) is 25.0 Å². The zero-order valence-corrected chi connectivity index (χ0v) is 19.0. The molecule has 31 heavy (non-hydrogen) atoms. The fourth-order valence-electron chi connectivity index (χ4n) is 3.47. The SMILES string of the molecule is CCCCCCOc1ccc(-n2ccn(C3=CCC(OCCN(C)C)C=C3)c2=O)cc1. The topological polar surface area (TPSA) is 48.6 Å². The number of hydrogen-bond donors (Lipinski definition) is 0. The van der Waals surface area contributed by atoms with Gasteiger partial charge in [-0.2, -0.15) is 0 Å². The van der Waals surface area contributed by atoms with Crippen LogP contribution in [0.1, 0.15) is 39.0 Å². The summed E-state index contributed by atoms with van der Waals surface area (Å²) in [6.45, 7) is 4.52. The van der Waals surface area contributed by atoms with E-state index in [2.05, 4.69) is 17.9 Å². The predicted octanol–water partition coefficient (Wildman–Crippen LogP) is 4.35. The summed E-state index contributed by atoms with van der Waals surface area (Å²) in [6, 6.07) is 7.70. The largest absolute Gasteiger partial charge is 0.494 e. The number of hydrogen-bond acceptors (Lipinski definition) is 4. The van der Waals surface area contributed by atoms with Crippen molar-refractivity contribution in [3.8, 4) is 11.4 Å². The van der Waals surface area contributed by atoms with Gasteiger partial charge in [-0.05, 0) is 57.3 Å². The van der Waals surface area contributed by atoms with Crippen LogP contribution in [-0.4, -0.2) is 54.0 Å². The molecule has 0 amide bonds. The zero-order valence-electron chi connectivity index (χ0n) is 19.0. The number of imidazole rings is 1. The second-order valence-electron chi connectivity index (χ2n) is 8.16. The Hall–Kier alpha value is -2.57. The molecule has 0 aliphatic heterocycles. The molecule has 1 aliphatic carbocycles. The van der Waals surface area contributed by atoms with Crippen LogP contribution in [0, 0.1) is 0 Å². The van der Waals surface area contributed by atoms with Gasteiger partial charge in [0, 0.05) is 24.6 Å². The average Bonchev–Trinajstić information content (AvgIpc) is 3.15. The van der Waals surface area contributed by atoms with Crippen LogP contribution in [-0.2, 0) is 4.74 Å². The molecule has 0 saturated carbocycles. The van der Waals surface area contributed by atoms with Gasteiger partial charge in [0.1, 0.15) is 5.75 Å². The maximum Gasteiger partial charge on any atom is 0.337 e. The highest BCUT2D eigenvalue weighted by atomic mass is 16.5. The van der Waals surface area contributed by atoms with E-state index in [1.165, 1.54) is 19.3 Å². The fraction of sp³-hybridized carbons (Fsp3) is 0.480. The summed E-state index contributed by atoms with van der Waals surface area (Å²) in [5.41, 5.74) is 1.62. The van der Waals surface area contributed by atoms with E-state index in [1.807, 2.05) is 56.7 Å². The van der Waals surface area contributed by atoms with Crippen LogP contribution in [0.2, 0.25) is 0 Å². The minimum absolute atomic E-state index is 0.0657. The van der Waals surface area contributed by atoms with Crippen molar-refractivity contribution >= 4 is 5.70 Å². The van der Waals surface area contributed by atoms with E-state index < -0.39 is 0 Å². The lowest BCUT2D eigenvalue weighted by molar-refractivity contribution is 0.0748. The van der Waals surface area contributed by atoms with Gasteiger partial charge in [-0.1, -0.05) is 38.3 Å². The molecular formula is C25H35N3O3. The molecule has 0 spiro atoms. The molecule has 1 aromatic carbocycles. The molecule has 1 aliphatic rings. The number of benzene rings is 1. The summed E-state index contributed by atoms with van der Waals surface area (Å²) in [7, 11) is 4.06. The van der Waals surface area contributed by atoms with E-state index in [-0.39, 0.29) is 11.8 Å². The highest BCUT2D eigenvalue weighted by Gasteiger charge is 2.13. The highest BCUT2D eigenvalue weighted by molar-refractivity contribution is 5.59. The van der Waals surface area contributed by atoms with E-state index in [0.717, 1.165) is 43.1 Å². The highest BCUT2D eigenvalue weighted by Crippen LogP contribution is 2.18. The summed E-state index contributed by atoms with van der Waals surface area (Å²) < 4.78 is 15.0. The Bertz CT molecular complexity index is 922.